The lowest BCUT2D eigenvalue weighted by Gasteiger charge is -2.55. The minimum atomic E-state index is -0.292. The van der Waals surface area contributed by atoms with Crippen LogP contribution in [0.4, 0.5) is 10.5 Å². The summed E-state index contributed by atoms with van der Waals surface area (Å²) in [7, 11) is 0. The molecule has 3 heteroatoms. The Balaban J connectivity index is 1.25. The van der Waals surface area contributed by atoms with Crippen LogP contribution in [0, 0.1) is 17.8 Å². The first-order valence-corrected chi connectivity index (χ1v) is 9.83. The molecule has 0 saturated heterocycles. The fourth-order valence-electron chi connectivity index (χ4n) is 5.87. The molecule has 2 aromatic rings. The molecule has 3 nitrogen and oxygen atoms in total. The quantitative estimate of drug-likeness (QED) is 0.754. The van der Waals surface area contributed by atoms with Gasteiger partial charge in [0, 0.05) is 5.69 Å². The maximum Gasteiger partial charge on any atom is 0.412 e. The van der Waals surface area contributed by atoms with Crippen LogP contribution in [0.2, 0.25) is 0 Å². The summed E-state index contributed by atoms with van der Waals surface area (Å²) in [5.74, 6) is 2.33. The first-order chi connectivity index (χ1) is 12.7. The number of hydrogen-bond acceptors (Lipinski definition) is 2. The summed E-state index contributed by atoms with van der Waals surface area (Å²) in [6.45, 7) is 0. The van der Waals surface area contributed by atoms with Crippen molar-refractivity contribution in [2.24, 2.45) is 17.8 Å². The Morgan fingerprint density at radius 1 is 0.808 bits per heavy atom. The minimum Gasteiger partial charge on any atom is -0.443 e. The van der Waals surface area contributed by atoms with Crippen molar-refractivity contribution in [1.29, 1.82) is 0 Å². The lowest BCUT2D eigenvalue weighted by molar-refractivity contribution is -0.124. The van der Waals surface area contributed by atoms with Crippen molar-refractivity contribution in [3.8, 4) is 11.1 Å². The number of carbonyl (C=O) groups is 1. The third kappa shape index (κ3) is 3.00. The maximum absolute atomic E-state index is 12.5. The molecule has 0 heterocycles. The summed E-state index contributed by atoms with van der Waals surface area (Å²) >= 11 is 0. The predicted molar refractivity (Wildman–Crippen MR) is 103 cm³/mol. The van der Waals surface area contributed by atoms with Gasteiger partial charge < -0.3 is 4.74 Å². The van der Waals surface area contributed by atoms with Gasteiger partial charge in [0.25, 0.3) is 0 Å². The monoisotopic (exact) mass is 347 g/mol. The summed E-state index contributed by atoms with van der Waals surface area (Å²) in [5, 5.41) is 2.93. The normalized spacial score (nSPS) is 31.6. The number of rotatable bonds is 3. The Morgan fingerprint density at radius 3 is 1.92 bits per heavy atom. The average Bonchev–Trinajstić information content (AvgIpc) is 2.61. The van der Waals surface area contributed by atoms with Gasteiger partial charge in [0.2, 0.25) is 0 Å². The van der Waals surface area contributed by atoms with Crippen LogP contribution in [0.1, 0.15) is 38.5 Å². The molecule has 0 aromatic heterocycles. The molecule has 4 aliphatic carbocycles. The highest BCUT2D eigenvalue weighted by atomic mass is 16.6. The molecule has 4 saturated carbocycles. The van der Waals surface area contributed by atoms with E-state index < -0.39 is 0 Å². The molecule has 1 N–H and O–H groups in total. The van der Waals surface area contributed by atoms with E-state index in [2.05, 4.69) is 17.4 Å². The van der Waals surface area contributed by atoms with Gasteiger partial charge in [0.1, 0.15) is 5.60 Å². The molecule has 2 aromatic carbocycles. The van der Waals surface area contributed by atoms with E-state index in [4.69, 9.17) is 4.74 Å². The molecule has 6 rings (SSSR count). The molecule has 26 heavy (non-hydrogen) atoms. The van der Waals surface area contributed by atoms with Crippen LogP contribution in [-0.2, 0) is 4.74 Å². The van der Waals surface area contributed by atoms with Crippen molar-refractivity contribution >= 4 is 11.8 Å². The molecular formula is C23H25NO2. The summed E-state index contributed by atoms with van der Waals surface area (Å²) < 4.78 is 6.02. The molecule has 0 atom stereocenters. The van der Waals surface area contributed by atoms with Crippen molar-refractivity contribution in [2.45, 2.75) is 44.1 Å². The van der Waals surface area contributed by atoms with Crippen molar-refractivity contribution in [3.63, 3.8) is 0 Å². The van der Waals surface area contributed by atoms with E-state index in [0.29, 0.717) is 0 Å². The predicted octanol–water partition coefficient (Wildman–Crippen LogP) is 5.87. The average molecular weight is 347 g/mol. The zero-order valence-electron chi connectivity index (χ0n) is 15.0. The molecule has 0 spiro atoms. The van der Waals surface area contributed by atoms with Gasteiger partial charge in [-0.2, -0.15) is 0 Å². The smallest absolute Gasteiger partial charge is 0.412 e. The number of nitrogens with one attached hydrogen (secondary N) is 1. The van der Waals surface area contributed by atoms with Crippen LogP contribution in [0.15, 0.2) is 54.6 Å². The molecule has 0 aliphatic heterocycles. The second kappa shape index (κ2) is 6.15. The zero-order chi connectivity index (χ0) is 17.6. The zero-order valence-corrected chi connectivity index (χ0v) is 15.0. The van der Waals surface area contributed by atoms with Crippen molar-refractivity contribution in [3.05, 3.63) is 54.6 Å². The number of benzene rings is 2. The summed E-state index contributed by atoms with van der Waals surface area (Å²) in [6, 6.07) is 18.2. The van der Waals surface area contributed by atoms with Gasteiger partial charge >= 0.3 is 6.09 Å². The summed E-state index contributed by atoms with van der Waals surface area (Å²) in [5.41, 5.74) is 2.92. The van der Waals surface area contributed by atoms with Crippen LogP contribution in [-0.4, -0.2) is 11.7 Å². The summed E-state index contributed by atoms with van der Waals surface area (Å²) in [4.78, 5) is 12.5. The van der Waals surface area contributed by atoms with Gasteiger partial charge in [-0.05, 0) is 79.5 Å². The number of amides is 1. The largest absolute Gasteiger partial charge is 0.443 e. The first kappa shape index (κ1) is 15.9. The highest BCUT2D eigenvalue weighted by Gasteiger charge is 2.53. The molecule has 0 unspecified atom stereocenters. The van der Waals surface area contributed by atoms with E-state index >= 15 is 0 Å². The number of carbonyl (C=O) groups excluding carboxylic acids is 1. The van der Waals surface area contributed by atoms with Crippen molar-refractivity contribution < 1.29 is 9.53 Å². The van der Waals surface area contributed by atoms with Gasteiger partial charge in [-0.15, -0.1) is 0 Å². The van der Waals surface area contributed by atoms with Crippen LogP contribution in [0.5, 0.6) is 0 Å². The van der Waals surface area contributed by atoms with E-state index in [-0.39, 0.29) is 11.7 Å². The minimum absolute atomic E-state index is 0.192. The van der Waals surface area contributed by atoms with E-state index in [1.165, 1.54) is 24.8 Å². The molecule has 4 fully saturated rings. The van der Waals surface area contributed by atoms with E-state index in [0.717, 1.165) is 48.3 Å². The van der Waals surface area contributed by atoms with Crippen molar-refractivity contribution in [2.75, 3.05) is 5.32 Å². The van der Waals surface area contributed by atoms with Crippen LogP contribution < -0.4 is 5.32 Å². The van der Waals surface area contributed by atoms with Crippen molar-refractivity contribution in [1.82, 2.24) is 0 Å². The Bertz CT molecular complexity index is 761. The molecule has 4 aliphatic rings. The lowest BCUT2D eigenvalue weighted by atomic mass is 9.54. The fourth-order valence-corrected chi connectivity index (χ4v) is 5.87. The molecule has 4 bridgehead atoms. The Labute approximate surface area is 154 Å². The second-order valence-electron chi connectivity index (χ2n) is 8.56. The van der Waals surface area contributed by atoms with Gasteiger partial charge in [-0.3, -0.25) is 5.32 Å². The Kier molecular flexibility index (Phi) is 3.77. The number of ether oxygens (including phenoxy) is 1. The highest BCUT2D eigenvalue weighted by molar-refractivity contribution is 5.85. The third-order valence-electron chi connectivity index (χ3n) is 6.53. The Morgan fingerprint density at radius 2 is 1.35 bits per heavy atom. The topological polar surface area (TPSA) is 38.3 Å². The van der Waals surface area contributed by atoms with E-state index in [9.17, 15) is 4.79 Å². The Hall–Kier alpha value is -2.29. The van der Waals surface area contributed by atoms with E-state index in [1.54, 1.807) is 0 Å². The third-order valence-corrected chi connectivity index (χ3v) is 6.53. The molecule has 0 radical (unpaired) electrons. The molecule has 134 valence electrons. The summed E-state index contributed by atoms with van der Waals surface area (Å²) in [6.07, 6.45) is 6.97. The molecule has 1 amide bonds. The number of anilines is 1. The van der Waals surface area contributed by atoms with Crippen LogP contribution >= 0.6 is 0 Å². The van der Waals surface area contributed by atoms with Crippen LogP contribution in [0.3, 0.4) is 0 Å². The lowest BCUT2D eigenvalue weighted by Crippen LogP contribution is -2.53. The van der Waals surface area contributed by atoms with Gasteiger partial charge in [-0.1, -0.05) is 42.5 Å². The highest BCUT2D eigenvalue weighted by Crippen LogP contribution is 2.57. The molecular weight excluding hydrogens is 322 g/mol. The number of hydrogen-bond donors (Lipinski definition) is 1. The van der Waals surface area contributed by atoms with Gasteiger partial charge in [0.05, 0.1) is 0 Å². The maximum atomic E-state index is 12.5. The van der Waals surface area contributed by atoms with Gasteiger partial charge in [0.15, 0.2) is 0 Å². The fraction of sp³-hybridized carbons (Fsp3) is 0.435. The SMILES string of the molecule is O=C(Nc1ccc(-c2ccccc2)cc1)OC12CC3CC(CC(C3)C1)C2. The van der Waals surface area contributed by atoms with Gasteiger partial charge in [-0.25, -0.2) is 4.79 Å². The van der Waals surface area contributed by atoms with Crippen LogP contribution in [0.25, 0.3) is 11.1 Å². The standard InChI is InChI=1S/C23H25NO2/c25-22(26-23-13-16-10-17(14-23)12-18(11-16)15-23)24-21-8-6-20(7-9-21)19-4-2-1-3-5-19/h1-9,16-18H,10-15H2,(H,24,25). The second-order valence-corrected chi connectivity index (χ2v) is 8.56. The first-order valence-electron chi connectivity index (χ1n) is 9.83. The van der Waals surface area contributed by atoms with E-state index in [1.807, 2.05) is 42.5 Å².